The van der Waals surface area contributed by atoms with Crippen molar-refractivity contribution >= 4 is 17.6 Å². The topological polar surface area (TPSA) is 65.2 Å². The highest BCUT2D eigenvalue weighted by molar-refractivity contribution is 6.31. The number of aromatic nitrogens is 2. The second-order valence-corrected chi connectivity index (χ2v) is 3.45. The number of methoxy groups -OCH3 is 1. The van der Waals surface area contributed by atoms with Gasteiger partial charge in [0.15, 0.2) is 0 Å². The maximum Gasteiger partial charge on any atom is 0.397 e. The Hall–Kier alpha value is -1.95. The Morgan fingerprint density at radius 1 is 1.53 bits per heavy atom. The third kappa shape index (κ3) is 2.26. The van der Waals surface area contributed by atoms with E-state index in [-0.39, 0.29) is 16.7 Å². The number of benzene rings is 1. The quantitative estimate of drug-likeness (QED) is 0.772. The molecule has 0 aliphatic rings. The molecule has 0 fully saturated rings. The van der Waals surface area contributed by atoms with E-state index in [0.717, 1.165) is 0 Å². The Morgan fingerprint density at radius 2 is 2.29 bits per heavy atom. The van der Waals surface area contributed by atoms with Crippen LogP contribution in [0.3, 0.4) is 0 Å². The van der Waals surface area contributed by atoms with Crippen LogP contribution in [0, 0.1) is 5.82 Å². The first-order chi connectivity index (χ1) is 8.11. The molecule has 0 spiro atoms. The molecular weight excluding hydrogens is 251 g/mol. The summed E-state index contributed by atoms with van der Waals surface area (Å²) in [6.07, 6.45) is 0. The predicted octanol–water partition coefficient (Wildman–Crippen LogP) is 2.32. The minimum atomic E-state index is -0.739. The molecule has 0 atom stereocenters. The van der Waals surface area contributed by atoms with Gasteiger partial charge in [-0.2, -0.15) is 4.98 Å². The van der Waals surface area contributed by atoms with Crippen LogP contribution in [-0.2, 0) is 4.74 Å². The molecule has 17 heavy (non-hydrogen) atoms. The van der Waals surface area contributed by atoms with Gasteiger partial charge in [0.05, 0.1) is 12.1 Å². The number of rotatable bonds is 2. The molecular formula is C10H6ClFN2O3. The fraction of sp³-hybridized carbons (Fsp3) is 0.100. The van der Waals surface area contributed by atoms with E-state index >= 15 is 0 Å². The van der Waals surface area contributed by atoms with Gasteiger partial charge in [-0.25, -0.2) is 9.18 Å². The summed E-state index contributed by atoms with van der Waals surface area (Å²) < 4.78 is 22.0. The van der Waals surface area contributed by atoms with Crippen LogP contribution in [0.1, 0.15) is 10.7 Å². The molecule has 0 bridgehead atoms. The summed E-state index contributed by atoms with van der Waals surface area (Å²) in [6, 6.07) is 3.93. The Morgan fingerprint density at radius 3 is 2.94 bits per heavy atom. The van der Waals surface area contributed by atoms with Gasteiger partial charge in [-0.05, 0) is 18.2 Å². The van der Waals surface area contributed by atoms with Crippen molar-refractivity contribution in [3.8, 4) is 11.4 Å². The molecule has 0 aliphatic heterocycles. The first-order valence-electron chi connectivity index (χ1n) is 4.49. The van der Waals surface area contributed by atoms with Crippen molar-refractivity contribution in [3.05, 3.63) is 34.9 Å². The molecule has 0 unspecified atom stereocenters. The average Bonchev–Trinajstić information content (AvgIpc) is 2.81. The van der Waals surface area contributed by atoms with Crippen molar-refractivity contribution in [2.24, 2.45) is 0 Å². The normalized spacial score (nSPS) is 10.3. The molecule has 2 aromatic rings. The Balaban J connectivity index is 2.37. The molecule has 1 aromatic heterocycles. The van der Waals surface area contributed by atoms with Gasteiger partial charge in [-0.3, -0.25) is 0 Å². The minimum Gasteiger partial charge on any atom is -0.462 e. The molecule has 2 rings (SSSR count). The van der Waals surface area contributed by atoms with Crippen molar-refractivity contribution in [1.29, 1.82) is 0 Å². The van der Waals surface area contributed by atoms with Gasteiger partial charge < -0.3 is 9.26 Å². The van der Waals surface area contributed by atoms with Gasteiger partial charge in [0.25, 0.3) is 0 Å². The number of hydrogen-bond acceptors (Lipinski definition) is 5. The molecule has 0 aliphatic carbocycles. The Bertz CT molecular complexity index is 570. The third-order valence-corrected chi connectivity index (χ3v) is 2.25. The SMILES string of the molecule is COC(=O)c1nc(-c2ccc(F)c(Cl)c2)no1. The second-order valence-electron chi connectivity index (χ2n) is 3.04. The van der Waals surface area contributed by atoms with Crippen LogP contribution < -0.4 is 0 Å². The molecule has 1 aromatic carbocycles. The van der Waals surface area contributed by atoms with Crippen LogP contribution in [0.4, 0.5) is 4.39 Å². The van der Waals surface area contributed by atoms with Crippen LogP contribution in [-0.4, -0.2) is 23.2 Å². The van der Waals surface area contributed by atoms with Crippen LogP contribution in [0.15, 0.2) is 22.7 Å². The zero-order valence-corrected chi connectivity index (χ0v) is 9.36. The smallest absolute Gasteiger partial charge is 0.397 e. The lowest BCUT2D eigenvalue weighted by Gasteiger charge is -1.96. The number of nitrogens with zero attached hydrogens (tertiary/aromatic N) is 2. The van der Waals surface area contributed by atoms with Crippen molar-refractivity contribution in [3.63, 3.8) is 0 Å². The number of halogens is 2. The molecule has 0 radical (unpaired) electrons. The highest BCUT2D eigenvalue weighted by Crippen LogP contribution is 2.22. The lowest BCUT2D eigenvalue weighted by molar-refractivity contribution is 0.0545. The van der Waals surface area contributed by atoms with E-state index in [4.69, 9.17) is 11.6 Å². The van der Waals surface area contributed by atoms with E-state index < -0.39 is 11.8 Å². The van der Waals surface area contributed by atoms with E-state index in [1.807, 2.05) is 0 Å². The molecule has 88 valence electrons. The first kappa shape index (κ1) is 11.5. The van der Waals surface area contributed by atoms with Crippen LogP contribution in [0.5, 0.6) is 0 Å². The summed E-state index contributed by atoms with van der Waals surface area (Å²) in [5.74, 6) is -1.43. The molecule has 0 saturated carbocycles. The van der Waals surface area contributed by atoms with Gasteiger partial charge in [0.2, 0.25) is 5.82 Å². The van der Waals surface area contributed by atoms with Gasteiger partial charge >= 0.3 is 11.9 Å². The van der Waals surface area contributed by atoms with E-state index in [1.165, 1.54) is 25.3 Å². The van der Waals surface area contributed by atoms with Crippen LogP contribution in [0.2, 0.25) is 5.02 Å². The zero-order valence-electron chi connectivity index (χ0n) is 8.61. The maximum absolute atomic E-state index is 12.9. The summed E-state index contributed by atoms with van der Waals surface area (Å²) in [5.41, 5.74) is 0.440. The number of ether oxygens (including phenoxy) is 1. The van der Waals surface area contributed by atoms with Gasteiger partial charge in [0.1, 0.15) is 5.82 Å². The Labute approximate surface area is 100 Å². The average molecular weight is 257 g/mol. The minimum absolute atomic E-state index is 0.0630. The van der Waals surface area contributed by atoms with Crippen molar-refractivity contribution < 1.29 is 18.4 Å². The maximum atomic E-state index is 12.9. The highest BCUT2D eigenvalue weighted by atomic mass is 35.5. The summed E-state index contributed by atoms with van der Waals surface area (Å²) in [4.78, 5) is 14.9. The number of esters is 1. The number of carbonyl (C=O) groups is 1. The van der Waals surface area contributed by atoms with Gasteiger partial charge in [-0.1, -0.05) is 16.8 Å². The standard InChI is InChI=1S/C10H6ClFN2O3/c1-16-10(15)9-13-8(14-17-9)5-2-3-7(12)6(11)4-5/h2-4H,1H3. The van der Waals surface area contributed by atoms with Crippen molar-refractivity contribution in [1.82, 2.24) is 10.1 Å². The monoisotopic (exact) mass is 256 g/mol. The molecule has 0 amide bonds. The Kier molecular flexibility index (Phi) is 3.06. The van der Waals surface area contributed by atoms with E-state index in [1.54, 1.807) is 0 Å². The van der Waals surface area contributed by atoms with Crippen LogP contribution in [0.25, 0.3) is 11.4 Å². The van der Waals surface area contributed by atoms with Crippen molar-refractivity contribution in [2.75, 3.05) is 7.11 Å². The molecule has 0 N–H and O–H groups in total. The summed E-state index contributed by atoms with van der Waals surface area (Å²) in [7, 11) is 1.20. The fourth-order valence-corrected chi connectivity index (χ4v) is 1.33. The highest BCUT2D eigenvalue weighted by Gasteiger charge is 2.16. The number of carbonyl (C=O) groups excluding carboxylic acids is 1. The van der Waals surface area contributed by atoms with Crippen LogP contribution >= 0.6 is 11.6 Å². The summed E-state index contributed by atoms with van der Waals surface area (Å²) in [6.45, 7) is 0. The third-order valence-electron chi connectivity index (χ3n) is 1.96. The molecule has 7 heteroatoms. The summed E-state index contributed by atoms with van der Waals surface area (Å²) >= 11 is 5.61. The van der Waals surface area contributed by atoms with Gasteiger partial charge in [-0.15, -0.1) is 0 Å². The van der Waals surface area contributed by atoms with Gasteiger partial charge in [0, 0.05) is 5.56 Å². The number of hydrogen-bond donors (Lipinski definition) is 0. The second kappa shape index (κ2) is 4.50. The van der Waals surface area contributed by atoms with E-state index in [9.17, 15) is 9.18 Å². The lowest BCUT2D eigenvalue weighted by atomic mass is 10.2. The predicted molar refractivity (Wildman–Crippen MR) is 56.0 cm³/mol. The fourth-order valence-electron chi connectivity index (χ4n) is 1.15. The summed E-state index contributed by atoms with van der Waals surface area (Å²) in [5, 5.41) is 3.50. The lowest BCUT2D eigenvalue weighted by Crippen LogP contribution is -2.00. The van der Waals surface area contributed by atoms with E-state index in [2.05, 4.69) is 19.4 Å². The first-order valence-corrected chi connectivity index (χ1v) is 4.87. The zero-order chi connectivity index (χ0) is 12.4. The molecule has 0 saturated heterocycles. The molecule has 5 nitrogen and oxygen atoms in total. The van der Waals surface area contributed by atoms with E-state index in [0.29, 0.717) is 5.56 Å². The largest absolute Gasteiger partial charge is 0.462 e. The molecule has 1 heterocycles. The van der Waals surface area contributed by atoms with Crippen molar-refractivity contribution in [2.45, 2.75) is 0 Å².